The van der Waals surface area contributed by atoms with Crippen LogP contribution < -0.4 is 4.72 Å². The summed E-state index contributed by atoms with van der Waals surface area (Å²) in [5.41, 5.74) is 0.618. The number of carbonyl (C=O) groups excluding carboxylic acids is 1. The number of hydrogen-bond acceptors (Lipinski definition) is 7. The summed E-state index contributed by atoms with van der Waals surface area (Å²) < 4.78 is 31.3. The Kier molecular flexibility index (Phi) is 5.17. The third-order valence-electron chi connectivity index (χ3n) is 3.83. The minimum absolute atomic E-state index is 0.0158. The number of fused-ring (bicyclic) bond motifs is 1. The fraction of sp³-hybridized carbons (Fsp3) is 0.176. The van der Waals surface area contributed by atoms with Crippen LogP contribution in [0, 0.1) is 10.1 Å². The molecule has 27 heavy (non-hydrogen) atoms. The summed E-state index contributed by atoms with van der Waals surface area (Å²) in [5, 5.41) is 10.9. The molecule has 0 aromatic heterocycles. The fourth-order valence-corrected chi connectivity index (χ4v) is 3.80. The maximum atomic E-state index is 12.0. The summed E-state index contributed by atoms with van der Waals surface area (Å²) in [4.78, 5) is 26.5. The van der Waals surface area contributed by atoms with E-state index < -0.39 is 20.9 Å². The van der Waals surface area contributed by atoms with Crippen molar-refractivity contribution in [2.75, 3.05) is 6.54 Å². The molecule has 0 aliphatic carbocycles. The molecule has 9 nitrogen and oxygen atoms in total. The summed E-state index contributed by atoms with van der Waals surface area (Å²) in [5.74, 6) is -0.413. The van der Waals surface area contributed by atoms with Crippen molar-refractivity contribution >= 4 is 27.5 Å². The van der Waals surface area contributed by atoms with E-state index in [0.29, 0.717) is 11.1 Å². The number of benzene rings is 2. The maximum absolute atomic E-state index is 12.0. The van der Waals surface area contributed by atoms with E-state index in [4.69, 9.17) is 4.74 Å². The van der Waals surface area contributed by atoms with E-state index in [2.05, 4.69) is 9.71 Å². The molecule has 0 saturated carbocycles. The second-order valence-corrected chi connectivity index (χ2v) is 7.28. The lowest BCUT2D eigenvalue weighted by molar-refractivity contribution is -0.385. The molecule has 0 radical (unpaired) electrons. The van der Waals surface area contributed by atoms with Gasteiger partial charge in [0.2, 0.25) is 0 Å². The van der Waals surface area contributed by atoms with Gasteiger partial charge in [-0.1, -0.05) is 24.3 Å². The quantitative estimate of drug-likeness (QED) is 0.455. The van der Waals surface area contributed by atoms with Gasteiger partial charge in [0, 0.05) is 11.6 Å². The summed E-state index contributed by atoms with van der Waals surface area (Å²) in [6, 6.07) is 12.4. The van der Waals surface area contributed by atoms with E-state index >= 15 is 0 Å². The molecule has 0 fully saturated rings. The lowest BCUT2D eigenvalue weighted by Crippen LogP contribution is -2.22. The Hall–Kier alpha value is -3.27. The zero-order valence-electron chi connectivity index (χ0n) is 14.0. The van der Waals surface area contributed by atoms with E-state index in [1.54, 1.807) is 24.3 Å². The number of aliphatic imine (C=N–C) groups is 1. The topological polar surface area (TPSA) is 128 Å². The number of esters is 1. The van der Waals surface area contributed by atoms with Crippen LogP contribution in [0.3, 0.4) is 0 Å². The standard InChI is InChI=1S/C17H15N3O6S/c21-16(26-11-12-5-1-3-7-14(12)20(22)23)9-10-18-17-13-6-2-4-8-15(13)27(24,25)19-17/h1-8H,9-11H2,(H,18,19). The third kappa shape index (κ3) is 4.11. The zero-order chi connectivity index (χ0) is 19.4. The monoisotopic (exact) mass is 389 g/mol. The molecule has 0 saturated heterocycles. The molecule has 0 atom stereocenters. The normalized spacial score (nSPS) is 15.8. The number of para-hydroxylation sites is 1. The van der Waals surface area contributed by atoms with Gasteiger partial charge in [-0.15, -0.1) is 0 Å². The SMILES string of the molecule is O=C(CCN=C1NS(=O)(=O)c2ccccc21)OCc1ccccc1[N+](=O)[O-]. The maximum Gasteiger partial charge on any atom is 0.308 e. The van der Waals surface area contributed by atoms with Crippen molar-refractivity contribution in [1.82, 2.24) is 4.72 Å². The van der Waals surface area contributed by atoms with Crippen molar-refractivity contribution in [3.63, 3.8) is 0 Å². The van der Waals surface area contributed by atoms with Gasteiger partial charge in [0.05, 0.1) is 28.3 Å². The molecule has 2 aromatic rings. The number of nitro groups is 1. The fourth-order valence-electron chi connectivity index (χ4n) is 2.55. The number of ether oxygens (including phenoxy) is 1. The summed E-state index contributed by atoms with van der Waals surface area (Å²) in [7, 11) is -3.63. The molecule has 1 aliphatic rings. The molecule has 0 spiro atoms. The first-order valence-corrected chi connectivity index (χ1v) is 9.41. The van der Waals surface area contributed by atoms with E-state index in [-0.39, 0.29) is 36.0 Å². The molecule has 1 heterocycles. The first-order valence-electron chi connectivity index (χ1n) is 7.93. The Morgan fingerprint density at radius 2 is 1.85 bits per heavy atom. The van der Waals surface area contributed by atoms with Crippen molar-refractivity contribution < 1.29 is 22.9 Å². The molecule has 0 bridgehead atoms. The van der Waals surface area contributed by atoms with E-state index in [0.717, 1.165) is 0 Å². The number of hydrogen-bond donors (Lipinski definition) is 1. The summed E-state index contributed by atoms with van der Waals surface area (Å²) in [6.45, 7) is -0.204. The van der Waals surface area contributed by atoms with Crippen molar-refractivity contribution in [3.05, 3.63) is 69.8 Å². The molecule has 0 unspecified atom stereocenters. The lowest BCUT2D eigenvalue weighted by Gasteiger charge is -2.05. The van der Waals surface area contributed by atoms with Gasteiger partial charge < -0.3 is 4.74 Å². The highest BCUT2D eigenvalue weighted by Gasteiger charge is 2.29. The Bertz CT molecular complexity index is 1030. The Morgan fingerprint density at radius 3 is 2.63 bits per heavy atom. The molecule has 3 rings (SSSR count). The Labute approximate surface area is 154 Å². The van der Waals surface area contributed by atoms with Gasteiger partial charge in [-0.3, -0.25) is 24.6 Å². The number of sulfonamides is 1. The molecular formula is C17H15N3O6S. The van der Waals surface area contributed by atoms with Gasteiger partial charge in [-0.05, 0) is 18.2 Å². The van der Waals surface area contributed by atoms with Crippen LogP contribution in [0.2, 0.25) is 0 Å². The van der Waals surface area contributed by atoms with Gasteiger partial charge >= 0.3 is 5.97 Å². The van der Waals surface area contributed by atoms with E-state index in [1.165, 1.54) is 24.3 Å². The van der Waals surface area contributed by atoms with Crippen LogP contribution in [0.5, 0.6) is 0 Å². The number of amidine groups is 1. The van der Waals surface area contributed by atoms with Crippen molar-refractivity contribution in [2.24, 2.45) is 4.99 Å². The largest absolute Gasteiger partial charge is 0.460 e. The second-order valence-electron chi connectivity index (χ2n) is 5.63. The third-order valence-corrected chi connectivity index (χ3v) is 5.22. The Morgan fingerprint density at radius 1 is 1.15 bits per heavy atom. The molecule has 1 aliphatic heterocycles. The molecular weight excluding hydrogens is 374 g/mol. The average molecular weight is 389 g/mol. The molecule has 0 amide bonds. The number of carbonyl (C=O) groups is 1. The summed E-state index contributed by atoms with van der Waals surface area (Å²) >= 11 is 0. The van der Waals surface area contributed by atoms with Crippen molar-refractivity contribution in [2.45, 2.75) is 17.9 Å². The minimum atomic E-state index is -3.63. The zero-order valence-corrected chi connectivity index (χ0v) is 14.8. The number of nitrogens with one attached hydrogen (secondary N) is 1. The highest BCUT2D eigenvalue weighted by Crippen LogP contribution is 2.22. The van der Waals surface area contributed by atoms with Gasteiger partial charge in [-0.25, -0.2) is 8.42 Å². The first-order chi connectivity index (χ1) is 12.9. The predicted octanol–water partition coefficient (Wildman–Crippen LogP) is 1.77. The van der Waals surface area contributed by atoms with E-state index in [9.17, 15) is 23.3 Å². The van der Waals surface area contributed by atoms with Crippen LogP contribution in [0.15, 0.2) is 58.4 Å². The van der Waals surface area contributed by atoms with Crippen LogP contribution >= 0.6 is 0 Å². The van der Waals surface area contributed by atoms with Crippen LogP contribution in [0.1, 0.15) is 17.5 Å². The Balaban J connectivity index is 1.58. The minimum Gasteiger partial charge on any atom is -0.460 e. The summed E-state index contributed by atoms with van der Waals surface area (Å²) in [6.07, 6.45) is -0.0893. The number of nitrogens with zero attached hydrogens (tertiary/aromatic N) is 2. The molecule has 2 aromatic carbocycles. The lowest BCUT2D eigenvalue weighted by atomic mass is 10.2. The first kappa shape index (κ1) is 18.5. The smallest absolute Gasteiger partial charge is 0.308 e. The van der Waals surface area contributed by atoms with Gasteiger partial charge in [0.1, 0.15) is 12.4 Å². The highest BCUT2D eigenvalue weighted by atomic mass is 32.2. The highest BCUT2D eigenvalue weighted by molar-refractivity contribution is 7.90. The van der Waals surface area contributed by atoms with Crippen molar-refractivity contribution in [1.29, 1.82) is 0 Å². The molecule has 1 N–H and O–H groups in total. The average Bonchev–Trinajstić information content (AvgIpc) is 2.91. The molecule has 10 heteroatoms. The van der Waals surface area contributed by atoms with E-state index in [1.807, 2.05) is 0 Å². The van der Waals surface area contributed by atoms with Crippen LogP contribution in [-0.4, -0.2) is 31.7 Å². The van der Waals surface area contributed by atoms with Crippen LogP contribution in [-0.2, 0) is 26.2 Å². The van der Waals surface area contributed by atoms with Crippen LogP contribution in [0.25, 0.3) is 0 Å². The van der Waals surface area contributed by atoms with Gasteiger partial charge in [0.15, 0.2) is 0 Å². The van der Waals surface area contributed by atoms with Crippen molar-refractivity contribution in [3.8, 4) is 0 Å². The molecule has 140 valence electrons. The number of rotatable bonds is 6. The number of nitro benzene ring substituents is 1. The van der Waals surface area contributed by atoms with Gasteiger partial charge in [-0.2, -0.15) is 0 Å². The second kappa shape index (κ2) is 7.54. The van der Waals surface area contributed by atoms with Gasteiger partial charge in [0.25, 0.3) is 15.7 Å². The van der Waals surface area contributed by atoms with Crippen LogP contribution in [0.4, 0.5) is 5.69 Å². The predicted molar refractivity (Wildman–Crippen MR) is 95.7 cm³/mol.